The summed E-state index contributed by atoms with van der Waals surface area (Å²) in [6, 6.07) is 13.1. The van der Waals surface area contributed by atoms with Gasteiger partial charge in [-0.2, -0.15) is 0 Å². The highest BCUT2D eigenvalue weighted by Gasteiger charge is 2.37. The van der Waals surface area contributed by atoms with Crippen molar-refractivity contribution in [3.63, 3.8) is 0 Å². The van der Waals surface area contributed by atoms with Crippen molar-refractivity contribution in [2.75, 3.05) is 37.0 Å². The standard InChI is InChI=1S/C26H31N5O2S/c1-16-8-6-9-21(17(16)2)29-25(33)28-20-12-10-19(11-13-20)23-22(24(32)30(4)5)18(3)27-26-31(23)14-7-15-34-26/h6,8-13,23H,7,14-15H2,1-5H3,(H2,28,29,33). The van der Waals surface area contributed by atoms with Gasteiger partial charge in [0.25, 0.3) is 5.91 Å². The van der Waals surface area contributed by atoms with E-state index in [1.165, 1.54) is 0 Å². The zero-order chi connectivity index (χ0) is 24.4. The number of thioether (sulfide) groups is 1. The molecule has 0 aromatic heterocycles. The van der Waals surface area contributed by atoms with Crippen molar-refractivity contribution in [3.8, 4) is 0 Å². The third-order valence-corrected chi connectivity index (χ3v) is 7.31. The molecule has 1 atom stereocenters. The molecule has 178 valence electrons. The van der Waals surface area contributed by atoms with Crippen LogP contribution in [0, 0.1) is 13.8 Å². The van der Waals surface area contributed by atoms with Gasteiger partial charge in [0.05, 0.1) is 17.3 Å². The number of carbonyl (C=O) groups is 2. The number of anilines is 2. The van der Waals surface area contributed by atoms with Gasteiger partial charge in [0, 0.05) is 37.8 Å². The summed E-state index contributed by atoms with van der Waals surface area (Å²) in [4.78, 5) is 34.3. The molecule has 2 N–H and O–H groups in total. The molecule has 0 spiro atoms. The molecule has 7 nitrogen and oxygen atoms in total. The molecule has 8 heteroatoms. The Balaban J connectivity index is 1.56. The molecule has 34 heavy (non-hydrogen) atoms. The zero-order valence-electron chi connectivity index (χ0n) is 20.3. The van der Waals surface area contributed by atoms with Crippen LogP contribution in [0.2, 0.25) is 0 Å². The minimum Gasteiger partial charge on any atom is -0.345 e. The Bertz CT molecular complexity index is 1170. The molecule has 0 bridgehead atoms. The maximum absolute atomic E-state index is 13.1. The van der Waals surface area contributed by atoms with Crippen LogP contribution < -0.4 is 10.6 Å². The lowest BCUT2D eigenvalue weighted by molar-refractivity contribution is -0.125. The number of fused-ring (bicyclic) bond motifs is 1. The molecule has 2 aliphatic heterocycles. The van der Waals surface area contributed by atoms with Crippen LogP contribution in [0.3, 0.4) is 0 Å². The van der Waals surface area contributed by atoms with Gasteiger partial charge in [-0.3, -0.25) is 4.79 Å². The third kappa shape index (κ3) is 4.82. The number of aryl methyl sites for hydroxylation is 1. The molecule has 0 radical (unpaired) electrons. The average Bonchev–Trinajstić information content (AvgIpc) is 2.81. The van der Waals surface area contributed by atoms with E-state index in [4.69, 9.17) is 4.99 Å². The Labute approximate surface area is 205 Å². The second-order valence-corrected chi connectivity index (χ2v) is 9.90. The number of allylic oxidation sites excluding steroid dienone is 1. The zero-order valence-corrected chi connectivity index (χ0v) is 21.1. The van der Waals surface area contributed by atoms with E-state index in [0.717, 1.165) is 52.0 Å². The van der Waals surface area contributed by atoms with E-state index in [1.807, 2.05) is 63.2 Å². The average molecular weight is 478 g/mol. The van der Waals surface area contributed by atoms with Gasteiger partial charge in [-0.25, -0.2) is 9.79 Å². The Morgan fingerprint density at radius 1 is 1.06 bits per heavy atom. The normalized spacial score (nSPS) is 17.6. The van der Waals surface area contributed by atoms with Gasteiger partial charge in [0.1, 0.15) is 0 Å². The summed E-state index contributed by atoms with van der Waals surface area (Å²) >= 11 is 1.74. The smallest absolute Gasteiger partial charge is 0.323 e. The maximum atomic E-state index is 13.1. The molecule has 2 aliphatic rings. The summed E-state index contributed by atoms with van der Waals surface area (Å²) in [5.41, 5.74) is 6.11. The first-order chi connectivity index (χ1) is 16.3. The van der Waals surface area contributed by atoms with Crippen LogP contribution in [-0.4, -0.2) is 53.3 Å². The number of nitrogens with zero attached hydrogens (tertiary/aromatic N) is 3. The Morgan fingerprint density at radius 2 is 1.79 bits per heavy atom. The first kappa shape index (κ1) is 23.9. The minimum absolute atomic E-state index is 0.0315. The molecule has 1 saturated heterocycles. The van der Waals surface area contributed by atoms with Crippen molar-refractivity contribution in [3.05, 3.63) is 70.4 Å². The summed E-state index contributed by atoms with van der Waals surface area (Å²) in [5, 5.41) is 6.80. The van der Waals surface area contributed by atoms with Crippen LogP contribution in [0.25, 0.3) is 0 Å². The monoisotopic (exact) mass is 477 g/mol. The van der Waals surface area contributed by atoms with Gasteiger partial charge < -0.3 is 20.4 Å². The van der Waals surface area contributed by atoms with Crippen LogP contribution in [0.15, 0.2) is 58.7 Å². The first-order valence-electron chi connectivity index (χ1n) is 11.4. The molecule has 1 fully saturated rings. The van der Waals surface area contributed by atoms with E-state index in [1.54, 1.807) is 30.8 Å². The molecule has 2 heterocycles. The molecule has 3 amide bonds. The van der Waals surface area contributed by atoms with Gasteiger partial charge in [-0.15, -0.1) is 0 Å². The van der Waals surface area contributed by atoms with E-state index in [0.29, 0.717) is 11.3 Å². The predicted molar refractivity (Wildman–Crippen MR) is 140 cm³/mol. The SMILES string of the molecule is CC1=C(C(=O)N(C)C)C(c2ccc(NC(=O)Nc3cccc(C)c3C)cc2)N2CCCSC2=N1. The lowest BCUT2D eigenvalue weighted by atomic mass is 9.93. The lowest BCUT2D eigenvalue weighted by Gasteiger charge is -2.41. The van der Waals surface area contributed by atoms with Crippen molar-refractivity contribution in [2.24, 2.45) is 4.99 Å². The van der Waals surface area contributed by atoms with Crippen molar-refractivity contribution in [1.29, 1.82) is 0 Å². The number of carbonyl (C=O) groups excluding carboxylic acids is 2. The minimum atomic E-state index is -0.291. The van der Waals surface area contributed by atoms with E-state index in [-0.39, 0.29) is 18.0 Å². The molecular formula is C26H31N5O2S. The fraction of sp³-hybridized carbons (Fsp3) is 0.346. The molecule has 4 rings (SSSR count). The highest BCUT2D eigenvalue weighted by atomic mass is 32.2. The molecule has 0 saturated carbocycles. The number of hydrogen-bond donors (Lipinski definition) is 2. The largest absolute Gasteiger partial charge is 0.345 e. The summed E-state index contributed by atoms with van der Waals surface area (Å²) in [6.45, 7) is 6.77. The number of aliphatic imine (C=N–C) groups is 1. The van der Waals surface area contributed by atoms with Crippen LogP contribution in [-0.2, 0) is 4.79 Å². The maximum Gasteiger partial charge on any atom is 0.323 e. The highest BCUT2D eigenvalue weighted by molar-refractivity contribution is 8.13. The Morgan fingerprint density at radius 3 is 2.50 bits per heavy atom. The summed E-state index contributed by atoms with van der Waals surface area (Å²) < 4.78 is 0. The number of amidine groups is 1. The van der Waals surface area contributed by atoms with Crippen molar-refractivity contribution < 1.29 is 9.59 Å². The fourth-order valence-corrected chi connectivity index (χ4v) is 5.27. The number of urea groups is 1. The Hall–Kier alpha value is -3.26. The molecule has 2 aromatic carbocycles. The third-order valence-electron chi connectivity index (χ3n) is 6.23. The summed E-state index contributed by atoms with van der Waals surface area (Å²) in [7, 11) is 3.54. The van der Waals surface area contributed by atoms with Crippen LogP contribution in [0.1, 0.15) is 36.1 Å². The van der Waals surface area contributed by atoms with E-state index < -0.39 is 0 Å². The number of hydrogen-bond acceptors (Lipinski definition) is 5. The quantitative estimate of drug-likeness (QED) is 0.638. The number of nitrogens with one attached hydrogen (secondary N) is 2. The lowest BCUT2D eigenvalue weighted by Crippen LogP contribution is -2.43. The second kappa shape index (κ2) is 9.93. The topological polar surface area (TPSA) is 77.0 Å². The van der Waals surface area contributed by atoms with E-state index in [9.17, 15) is 9.59 Å². The summed E-state index contributed by atoms with van der Waals surface area (Å²) in [6.07, 6.45) is 1.04. The van der Waals surface area contributed by atoms with Gasteiger partial charge >= 0.3 is 6.03 Å². The van der Waals surface area contributed by atoms with Crippen molar-refractivity contribution in [2.45, 2.75) is 33.2 Å². The number of rotatable bonds is 4. The van der Waals surface area contributed by atoms with Gasteiger partial charge in [0.15, 0.2) is 5.17 Å². The molecule has 2 aromatic rings. The van der Waals surface area contributed by atoms with Crippen molar-refractivity contribution >= 4 is 40.2 Å². The van der Waals surface area contributed by atoms with Crippen molar-refractivity contribution in [1.82, 2.24) is 9.80 Å². The Kier molecular flexibility index (Phi) is 6.97. The van der Waals surface area contributed by atoms with E-state index in [2.05, 4.69) is 15.5 Å². The van der Waals surface area contributed by atoms with Gasteiger partial charge in [-0.1, -0.05) is 36.0 Å². The second-order valence-electron chi connectivity index (χ2n) is 8.84. The fourth-order valence-electron chi connectivity index (χ4n) is 4.25. The number of amides is 3. The van der Waals surface area contributed by atoms with Crippen LogP contribution >= 0.6 is 11.8 Å². The van der Waals surface area contributed by atoms with E-state index >= 15 is 0 Å². The first-order valence-corrected chi connectivity index (χ1v) is 12.4. The number of likely N-dealkylation sites (N-methyl/N-ethyl adjacent to an activating group) is 1. The molecular weight excluding hydrogens is 446 g/mol. The van der Waals surface area contributed by atoms with Crippen LogP contribution in [0.5, 0.6) is 0 Å². The van der Waals surface area contributed by atoms with Gasteiger partial charge in [-0.05, 0) is 62.1 Å². The highest BCUT2D eigenvalue weighted by Crippen LogP contribution is 2.40. The predicted octanol–water partition coefficient (Wildman–Crippen LogP) is 5.16. The van der Waals surface area contributed by atoms with Crippen LogP contribution in [0.4, 0.5) is 16.2 Å². The number of benzene rings is 2. The molecule has 1 unspecified atom stereocenters. The molecule has 0 aliphatic carbocycles. The van der Waals surface area contributed by atoms with Gasteiger partial charge in [0.2, 0.25) is 0 Å². The summed E-state index contributed by atoms with van der Waals surface area (Å²) in [5.74, 6) is 1.00.